The highest BCUT2D eigenvalue weighted by molar-refractivity contribution is 6.35. The van der Waals surface area contributed by atoms with Gasteiger partial charge in [0.15, 0.2) is 0 Å². The fourth-order valence-electron chi connectivity index (χ4n) is 2.34. The van der Waals surface area contributed by atoms with Gasteiger partial charge in [-0.2, -0.15) is 0 Å². The highest BCUT2D eigenvalue weighted by atomic mass is 35.5. The molecule has 0 aliphatic rings. The maximum Gasteiger partial charge on any atom is 0.0426 e. The van der Waals surface area contributed by atoms with Gasteiger partial charge in [0.05, 0.1) is 0 Å². The van der Waals surface area contributed by atoms with Gasteiger partial charge in [0.1, 0.15) is 0 Å². The van der Waals surface area contributed by atoms with Crippen molar-refractivity contribution < 1.29 is 0 Å². The Hall–Kier alpha value is -0.730. The largest absolute Gasteiger partial charge is 0.316 e. The van der Waals surface area contributed by atoms with Crippen molar-refractivity contribution >= 4 is 35.6 Å². The third kappa shape index (κ3) is 3.89. The number of benzene rings is 2. The summed E-state index contributed by atoms with van der Waals surface area (Å²) in [6.07, 6.45) is 0. The Morgan fingerprint density at radius 3 is 1.75 bits per heavy atom. The van der Waals surface area contributed by atoms with Crippen molar-refractivity contribution in [3.05, 3.63) is 57.1 Å². The first kappa shape index (κ1) is 17.3. The standard InChI is InChI=1S/C16H17Cl2N.ClH/c1-10-4-12(5-11(2)16(10)9-19-3)13-6-14(17)8-15(18)7-13;/h4-8,19H,9H2,1-3H3;1H. The van der Waals surface area contributed by atoms with E-state index in [2.05, 4.69) is 31.3 Å². The van der Waals surface area contributed by atoms with Crippen LogP contribution in [-0.2, 0) is 6.54 Å². The number of hydrogen-bond acceptors (Lipinski definition) is 1. The molecule has 2 rings (SSSR count). The van der Waals surface area contributed by atoms with E-state index < -0.39 is 0 Å². The first-order valence-electron chi connectivity index (χ1n) is 6.22. The molecular formula is C16H18Cl3N. The molecule has 0 unspecified atom stereocenters. The molecule has 2 aromatic carbocycles. The quantitative estimate of drug-likeness (QED) is 0.792. The zero-order valence-corrected chi connectivity index (χ0v) is 14.1. The van der Waals surface area contributed by atoms with Gasteiger partial charge in [-0.05, 0) is 66.9 Å². The van der Waals surface area contributed by atoms with Crippen molar-refractivity contribution in [1.29, 1.82) is 0 Å². The summed E-state index contributed by atoms with van der Waals surface area (Å²) in [4.78, 5) is 0. The topological polar surface area (TPSA) is 12.0 Å². The van der Waals surface area contributed by atoms with Gasteiger partial charge in [-0.1, -0.05) is 35.3 Å². The summed E-state index contributed by atoms with van der Waals surface area (Å²) in [6, 6.07) is 10.0. The number of aryl methyl sites for hydroxylation is 2. The Kier molecular flexibility index (Phi) is 6.35. The minimum atomic E-state index is 0. The average Bonchev–Trinajstić information content (AvgIpc) is 2.32. The van der Waals surface area contributed by atoms with Crippen LogP contribution in [0.1, 0.15) is 16.7 Å². The lowest BCUT2D eigenvalue weighted by Crippen LogP contribution is -2.08. The molecule has 108 valence electrons. The van der Waals surface area contributed by atoms with Gasteiger partial charge >= 0.3 is 0 Å². The van der Waals surface area contributed by atoms with Gasteiger partial charge < -0.3 is 5.32 Å². The van der Waals surface area contributed by atoms with Crippen molar-refractivity contribution in [3.8, 4) is 11.1 Å². The van der Waals surface area contributed by atoms with Gasteiger partial charge in [-0.3, -0.25) is 0 Å². The molecular weight excluding hydrogens is 313 g/mol. The van der Waals surface area contributed by atoms with Crippen LogP contribution >= 0.6 is 35.6 Å². The molecule has 0 fully saturated rings. The Labute approximate surface area is 136 Å². The van der Waals surface area contributed by atoms with Crippen LogP contribution in [0.4, 0.5) is 0 Å². The van der Waals surface area contributed by atoms with Crippen molar-refractivity contribution in [2.24, 2.45) is 0 Å². The molecule has 0 saturated carbocycles. The van der Waals surface area contributed by atoms with E-state index in [0.717, 1.165) is 17.7 Å². The van der Waals surface area contributed by atoms with Gasteiger partial charge in [-0.25, -0.2) is 0 Å². The van der Waals surface area contributed by atoms with Gasteiger partial charge in [0.2, 0.25) is 0 Å². The van der Waals surface area contributed by atoms with Crippen molar-refractivity contribution in [2.75, 3.05) is 7.05 Å². The summed E-state index contributed by atoms with van der Waals surface area (Å²) < 4.78 is 0. The number of rotatable bonds is 3. The highest BCUT2D eigenvalue weighted by Crippen LogP contribution is 2.30. The van der Waals surface area contributed by atoms with E-state index in [-0.39, 0.29) is 12.4 Å². The summed E-state index contributed by atoms with van der Waals surface area (Å²) in [5.41, 5.74) is 6.11. The average molecular weight is 331 g/mol. The second-order valence-electron chi connectivity index (χ2n) is 4.78. The van der Waals surface area contributed by atoms with E-state index in [4.69, 9.17) is 23.2 Å². The third-order valence-electron chi connectivity index (χ3n) is 3.25. The fourth-order valence-corrected chi connectivity index (χ4v) is 2.86. The second kappa shape index (κ2) is 7.33. The summed E-state index contributed by atoms with van der Waals surface area (Å²) in [5, 5.41) is 4.53. The first-order valence-corrected chi connectivity index (χ1v) is 6.98. The monoisotopic (exact) mass is 329 g/mol. The molecule has 0 bridgehead atoms. The molecule has 0 spiro atoms. The molecule has 0 saturated heterocycles. The molecule has 0 aliphatic heterocycles. The fraction of sp³-hybridized carbons (Fsp3) is 0.250. The Morgan fingerprint density at radius 2 is 1.30 bits per heavy atom. The number of halogens is 3. The molecule has 2 aromatic rings. The lowest BCUT2D eigenvalue weighted by Gasteiger charge is -2.13. The minimum absolute atomic E-state index is 0. The van der Waals surface area contributed by atoms with Crippen molar-refractivity contribution in [2.45, 2.75) is 20.4 Å². The maximum atomic E-state index is 6.07. The molecule has 20 heavy (non-hydrogen) atoms. The zero-order valence-electron chi connectivity index (χ0n) is 11.8. The maximum absolute atomic E-state index is 6.07. The van der Waals surface area contributed by atoms with E-state index >= 15 is 0 Å². The minimum Gasteiger partial charge on any atom is -0.316 e. The molecule has 0 heterocycles. The normalized spacial score (nSPS) is 10.2. The van der Waals surface area contributed by atoms with E-state index in [1.165, 1.54) is 16.7 Å². The number of nitrogens with one attached hydrogen (secondary N) is 1. The summed E-state index contributed by atoms with van der Waals surface area (Å²) in [5.74, 6) is 0. The molecule has 4 heteroatoms. The van der Waals surface area contributed by atoms with Gasteiger partial charge in [0.25, 0.3) is 0 Å². The summed E-state index contributed by atoms with van der Waals surface area (Å²) >= 11 is 12.1. The summed E-state index contributed by atoms with van der Waals surface area (Å²) in [6.45, 7) is 5.15. The van der Waals surface area contributed by atoms with Crippen LogP contribution < -0.4 is 5.32 Å². The summed E-state index contributed by atoms with van der Waals surface area (Å²) in [7, 11) is 1.96. The molecule has 1 N–H and O–H groups in total. The van der Waals surface area contributed by atoms with Gasteiger partial charge in [-0.15, -0.1) is 12.4 Å². The Balaban J connectivity index is 0.00000200. The van der Waals surface area contributed by atoms with Crippen LogP contribution in [0, 0.1) is 13.8 Å². The molecule has 1 nitrogen and oxygen atoms in total. The first-order chi connectivity index (χ1) is 9.01. The van der Waals surface area contributed by atoms with E-state index in [0.29, 0.717) is 10.0 Å². The highest BCUT2D eigenvalue weighted by Gasteiger charge is 2.07. The Morgan fingerprint density at radius 1 is 0.850 bits per heavy atom. The van der Waals surface area contributed by atoms with E-state index in [9.17, 15) is 0 Å². The SMILES string of the molecule is CNCc1c(C)cc(-c2cc(Cl)cc(Cl)c2)cc1C.Cl. The third-order valence-corrected chi connectivity index (χ3v) is 3.68. The Bertz CT molecular complexity index is 565. The smallest absolute Gasteiger partial charge is 0.0426 e. The lowest BCUT2D eigenvalue weighted by molar-refractivity contribution is 0.806. The number of hydrogen-bond donors (Lipinski definition) is 1. The predicted octanol–water partition coefficient (Wildman–Crippen LogP) is 5.42. The van der Waals surface area contributed by atoms with Crippen LogP contribution in [0.2, 0.25) is 10.0 Å². The van der Waals surface area contributed by atoms with Crippen molar-refractivity contribution in [1.82, 2.24) is 5.32 Å². The zero-order chi connectivity index (χ0) is 14.0. The van der Waals surface area contributed by atoms with Crippen LogP contribution in [-0.4, -0.2) is 7.05 Å². The molecule has 0 aromatic heterocycles. The van der Waals surface area contributed by atoms with Crippen molar-refractivity contribution in [3.63, 3.8) is 0 Å². The lowest BCUT2D eigenvalue weighted by atomic mass is 9.95. The molecule has 0 atom stereocenters. The predicted molar refractivity (Wildman–Crippen MR) is 91.4 cm³/mol. The molecule has 0 radical (unpaired) electrons. The van der Waals surface area contributed by atoms with E-state index in [1.807, 2.05) is 19.2 Å². The molecule has 0 amide bonds. The van der Waals surface area contributed by atoms with Gasteiger partial charge in [0, 0.05) is 16.6 Å². The molecule has 0 aliphatic carbocycles. The van der Waals surface area contributed by atoms with Crippen LogP contribution in [0.5, 0.6) is 0 Å². The van der Waals surface area contributed by atoms with E-state index in [1.54, 1.807) is 6.07 Å². The van der Waals surface area contributed by atoms with Crippen LogP contribution in [0.25, 0.3) is 11.1 Å². The van der Waals surface area contributed by atoms with Crippen LogP contribution in [0.15, 0.2) is 30.3 Å². The van der Waals surface area contributed by atoms with Crippen LogP contribution in [0.3, 0.4) is 0 Å². The second-order valence-corrected chi connectivity index (χ2v) is 5.65.